The fraction of sp³-hybridized carbons (Fsp3) is 0.0870. The molecule has 0 saturated carbocycles. The van der Waals surface area contributed by atoms with E-state index in [0.29, 0.717) is 5.56 Å². The van der Waals surface area contributed by atoms with Crippen LogP contribution in [0.4, 0.5) is 14.7 Å². The summed E-state index contributed by atoms with van der Waals surface area (Å²) >= 11 is 0. The van der Waals surface area contributed by atoms with Crippen molar-refractivity contribution in [2.24, 2.45) is 0 Å². The summed E-state index contributed by atoms with van der Waals surface area (Å²) in [6.45, 7) is 2.09. The van der Waals surface area contributed by atoms with E-state index in [0.717, 1.165) is 23.3 Å². The van der Waals surface area contributed by atoms with Crippen molar-refractivity contribution in [2.75, 3.05) is 5.32 Å². The van der Waals surface area contributed by atoms with Gasteiger partial charge in [0.05, 0.1) is 4.90 Å². The second-order valence-electron chi connectivity index (χ2n) is 6.96. The fourth-order valence-corrected chi connectivity index (χ4v) is 4.29. The molecule has 0 bridgehead atoms. The average molecular weight is 440 g/mol. The molecule has 0 spiro atoms. The monoisotopic (exact) mass is 440 g/mol. The first-order chi connectivity index (χ1) is 14.8. The summed E-state index contributed by atoms with van der Waals surface area (Å²) in [5.74, 6) is -0.838. The third kappa shape index (κ3) is 4.49. The van der Waals surface area contributed by atoms with Gasteiger partial charge >= 0.3 is 0 Å². The maximum absolute atomic E-state index is 13.3. The van der Waals surface area contributed by atoms with Crippen LogP contribution in [0.2, 0.25) is 0 Å². The zero-order chi connectivity index (χ0) is 22.0. The van der Waals surface area contributed by atoms with Crippen molar-refractivity contribution >= 4 is 15.7 Å². The molecule has 1 heterocycles. The van der Waals surface area contributed by atoms with Crippen molar-refractivity contribution in [3.05, 3.63) is 95.6 Å². The number of anilines is 1. The molecule has 0 fully saturated rings. The Morgan fingerprint density at radius 1 is 0.935 bits per heavy atom. The number of oxazole rings is 1. The minimum atomic E-state index is -4.09. The molecule has 0 saturated heterocycles. The van der Waals surface area contributed by atoms with Crippen LogP contribution in [0, 0.1) is 18.6 Å². The van der Waals surface area contributed by atoms with Crippen molar-refractivity contribution in [1.82, 2.24) is 4.98 Å². The van der Waals surface area contributed by atoms with E-state index in [9.17, 15) is 17.2 Å². The zero-order valence-corrected chi connectivity index (χ0v) is 17.3. The van der Waals surface area contributed by atoms with Crippen molar-refractivity contribution in [3.63, 3.8) is 0 Å². The summed E-state index contributed by atoms with van der Waals surface area (Å²) in [7, 11) is -4.09. The minimum Gasteiger partial charge on any atom is -0.419 e. The van der Waals surface area contributed by atoms with Gasteiger partial charge in [0.2, 0.25) is 26.6 Å². The minimum absolute atomic E-state index is 0.0508. The highest BCUT2D eigenvalue weighted by Gasteiger charge is 2.28. The molecule has 5 nitrogen and oxygen atoms in total. The Hall–Kier alpha value is -3.52. The second kappa shape index (κ2) is 8.31. The highest BCUT2D eigenvalue weighted by Crippen LogP contribution is 2.33. The van der Waals surface area contributed by atoms with Gasteiger partial charge in [-0.1, -0.05) is 29.8 Å². The first-order valence-corrected chi connectivity index (χ1v) is 10.9. The molecule has 31 heavy (non-hydrogen) atoms. The quantitative estimate of drug-likeness (QED) is 0.408. The number of halogens is 2. The molecule has 158 valence electrons. The zero-order valence-electron chi connectivity index (χ0n) is 16.5. The Morgan fingerprint density at radius 3 is 2.23 bits per heavy atom. The van der Waals surface area contributed by atoms with Crippen LogP contribution in [0.3, 0.4) is 0 Å². The van der Waals surface area contributed by atoms with E-state index in [1.165, 1.54) is 24.3 Å². The van der Waals surface area contributed by atoms with Crippen LogP contribution < -0.4 is 5.32 Å². The van der Waals surface area contributed by atoms with Gasteiger partial charge in [-0.3, -0.25) is 0 Å². The molecule has 1 aromatic heterocycles. The number of nitrogens with one attached hydrogen (secondary N) is 1. The lowest BCUT2D eigenvalue weighted by atomic mass is 10.1. The summed E-state index contributed by atoms with van der Waals surface area (Å²) in [4.78, 5) is 4.14. The Kier molecular flexibility index (Phi) is 5.56. The number of aromatic nitrogens is 1. The SMILES string of the molecule is Cc1cccc(-c2nc(S(=O)(=O)c3ccc(F)cc3)c(NCc3ccc(F)cc3)o2)c1. The molecule has 0 unspecified atom stereocenters. The van der Waals surface area contributed by atoms with E-state index in [1.807, 2.05) is 25.1 Å². The number of hydrogen-bond donors (Lipinski definition) is 1. The van der Waals surface area contributed by atoms with E-state index < -0.39 is 15.7 Å². The lowest BCUT2D eigenvalue weighted by molar-refractivity contribution is 0.576. The Bertz CT molecular complexity index is 1320. The van der Waals surface area contributed by atoms with Gasteiger partial charge in [0.15, 0.2) is 0 Å². The Balaban J connectivity index is 1.76. The first-order valence-electron chi connectivity index (χ1n) is 9.40. The second-order valence-corrected chi connectivity index (χ2v) is 8.83. The van der Waals surface area contributed by atoms with Crippen LogP contribution >= 0.6 is 0 Å². The van der Waals surface area contributed by atoms with Crippen molar-refractivity contribution < 1.29 is 21.6 Å². The molecule has 0 aliphatic heterocycles. The summed E-state index contributed by atoms with van der Waals surface area (Å²) in [5, 5.41) is 2.63. The van der Waals surface area contributed by atoms with E-state index in [2.05, 4.69) is 10.3 Å². The number of aryl methyl sites for hydroxylation is 1. The first kappa shape index (κ1) is 20.7. The predicted octanol–water partition coefficient (Wildman–Crippen LogP) is 5.37. The number of hydrogen-bond acceptors (Lipinski definition) is 5. The van der Waals surface area contributed by atoms with Gasteiger partial charge in [-0.05, 0) is 61.0 Å². The van der Waals surface area contributed by atoms with Crippen LogP contribution in [0.15, 0.2) is 87.1 Å². The molecule has 0 aliphatic rings. The summed E-state index contributed by atoms with van der Waals surface area (Å²) in [6, 6.07) is 17.6. The van der Waals surface area contributed by atoms with Gasteiger partial charge in [-0.25, -0.2) is 17.2 Å². The van der Waals surface area contributed by atoms with E-state index in [-0.39, 0.29) is 34.1 Å². The normalized spacial score (nSPS) is 11.5. The Morgan fingerprint density at radius 2 is 1.58 bits per heavy atom. The standard InChI is InChI=1S/C23H18F2N2O3S/c1-15-3-2-4-17(13-15)21-27-23(31(28,29)20-11-9-19(25)10-12-20)22(30-21)26-14-16-5-7-18(24)8-6-16/h2-13,26H,14H2,1H3. The summed E-state index contributed by atoms with van der Waals surface area (Å²) in [5.41, 5.74) is 2.30. The van der Waals surface area contributed by atoms with E-state index in [1.54, 1.807) is 18.2 Å². The molecule has 0 aliphatic carbocycles. The summed E-state index contributed by atoms with van der Waals surface area (Å²) in [6.07, 6.45) is 0. The topological polar surface area (TPSA) is 72.2 Å². The number of nitrogens with zero attached hydrogens (tertiary/aromatic N) is 1. The highest BCUT2D eigenvalue weighted by molar-refractivity contribution is 7.91. The van der Waals surface area contributed by atoms with Crippen LogP contribution in [0.1, 0.15) is 11.1 Å². The summed E-state index contributed by atoms with van der Waals surface area (Å²) < 4.78 is 58.6. The molecular formula is C23H18F2N2O3S. The highest BCUT2D eigenvalue weighted by atomic mass is 32.2. The van der Waals surface area contributed by atoms with Gasteiger partial charge in [0.25, 0.3) is 0 Å². The van der Waals surface area contributed by atoms with Crippen molar-refractivity contribution in [3.8, 4) is 11.5 Å². The van der Waals surface area contributed by atoms with E-state index >= 15 is 0 Å². The molecule has 8 heteroatoms. The predicted molar refractivity (Wildman–Crippen MR) is 112 cm³/mol. The van der Waals surface area contributed by atoms with Gasteiger partial charge in [-0.15, -0.1) is 0 Å². The van der Waals surface area contributed by atoms with Crippen molar-refractivity contribution in [2.45, 2.75) is 23.4 Å². The van der Waals surface area contributed by atoms with Crippen LogP contribution in [-0.2, 0) is 16.4 Å². The number of rotatable bonds is 6. The van der Waals surface area contributed by atoms with Gasteiger partial charge in [-0.2, -0.15) is 4.98 Å². The molecular weight excluding hydrogens is 422 g/mol. The molecule has 4 aromatic rings. The van der Waals surface area contributed by atoms with Crippen LogP contribution in [0.25, 0.3) is 11.5 Å². The number of sulfone groups is 1. The van der Waals surface area contributed by atoms with E-state index in [4.69, 9.17) is 4.42 Å². The molecule has 0 amide bonds. The average Bonchev–Trinajstić information content (AvgIpc) is 3.19. The van der Waals surface area contributed by atoms with Gasteiger partial charge < -0.3 is 9.73 Å². The van der Waals surface area contributed by atoms with Crippen LogP contribution in [0.5, 0.6) is 0 Å². The maximum atomic E-state index is 13.3. The van der Waals surface area contributed by atoms with Crippen molar-refractivity contribution in [1.29, 1.82) is 0 Å². The van der Waals surface area contributed by atoms with Gasteiger partial charge in [0.1, 0.15) is 11.6 Å². The largest absolute Gasteiger partial charge is 0.419 e. The van der Waals surface area contributed by atoms with Gasteiger partial charge in [0, 0.05) is 12.1 Å². The molecule has 1 N–H and O–H groups in total. The molecule has 0 radical (unpaired) electrons. The fourth-order valence-electron chi connectivity index (χ4n) is 3.01. The molecule has 0 atom stereocenters. The third-order valence-corrected chi connectivity index (χ3v) is 6.28. The Labute approximate surface area is 178 Å². The lowest BCUT2D eigenvalue weighted by Crippen LogP contribution is -2.07. The smallest absolute Gasteiger partial charge is 0.234 e. The van der Waals surface area contributed by atoms with Crippen LogP contribution in [-0.4, -0.2) is 13.4 Å². The lowest BCUT2D eigenvalue weighted by Gasteiger charge is -2.06. The number of benzene rings is 3. The maximum Gasteiger partial charge on any atom is 0.234 e. The molecule has 3 aromatic carbocycles. The third-order valence-electron chi connectivity index (χ3n) is 4.61. The molecule has 4 rings (SSSR count).